The number of nitro benzene ring substituents is 3. The summed E-state index contributed by atoms with van der Waals surface area (Å²) in [5, 5.41) is 44.7. The number of H-pyrrole nitrogens is 2. The van der Waals surface area contributed by atoms with Crippen LogP contribution in [0, 0.1) is 35.3 Å². The van der Waals surface area contributed by atoms with Crippen molar-refractivity contribution in [3.63, 3.8) is 0 Å². The van der Waals surface area contributed by atoms with Gasteiger partial charge in [0.2, 0.25) is 0 Å². The predicted molar refractivity (Wildman–Crippen MR) is 226 cm³/mol. The van der Waals surface area contributed by atoms with Crippen LogP contribution in [0.5, 0.6) is 0 Å². The minimum Gasteiger partial charge on any atom is -0.353 e. The zero-order valence-corrected chi connectivity index (χ0v) is 30.8. The Labute approximate surface area is 337 Å². The maximum atomic E-state index is 11.8. The summed E-state index contributed by atoms with van der Waals surface area (Å²) in [5.74, 6) is 0. The third kappa shape index (κ3) is 6.60. The van der Waals surface area contributed by atoms with E-state index in [0.717, 1.165) is 0 Å². The average molecular weight is 796 g/mol. The van der Waals surface area contributed by atoms with Crippen LogP contribution in [0.1, 0.15) is 22.8 Å². The first-order chi connectivity index (χ1) is 29.0. The molecule has 290 valence electrons. The van der Waals surface area contributed by atoms with Gasteiger partial charge in [0.05, 0.1) is 53.5 Å². The van der Waals surface area contributed by atoms with Crippen LogP contribution in [-0.2, 0) is 0 Å². The van der Waals surface area contributed by atoms with Crippen LogP contribution in [0.25, 0.3) is 90.9 Å². The quantitative estimate of drug-likeness (QED) is 0.0973. The molecule has 4 aromatic carbocycles. The van der Waals surface area contributed by atoms with Gasteiger partial charge in [0.15, 0.2) is 0 Å². The van der Waals surface area contributed by atoms with Crippen molar-refractivity contribution in [2.45, 2.75) is 0 Å². The van der Waals surface area contributed by atoms with E-state index in [2.05, 4.69) is 9.97 Å². The Morgan fingerprint density at radius 2 is 0.650 bits per heavy atom. The highest BCUT2D eigenvalue weighted by Crippen LogP contribution is 2.42. The number of hydrogen-bond donors (Lipinski definition) is 3. The molecule has 16 heteroatoms. The molecule has 7 aromatic rings. The molecule has 0 saturated carbocycles. The molecule has 16 nitrogen and oxygen atoms in total. The van der Waals surface area contributed by atoms with Gasteiger partial charge in [0, 0.05) is 81.8 Å². The third-order valence-corrected chi connectivity index (χ3v) is 10.2. The minimum absolute atomic E-state index is 0.00438. The van der Waals surface area contributed by atoms with Crippen molar-refractivity contribution in [3.8, 4) is 44.5 Å². The van der Waals surface area contributed by atoms with Crippen LogP contribution in [0.15, 0.2) is 121 Å². The normalized spacial score (nSPS) is 11.7. The van der Waals surface area contributed by atoms with Crippen molar-refractivity contribution in [2.75, 3.05) is 0 Å². The van der Waals surface area contributed by atoms with Crippen LogP contribution in [0.4, 0.5) is 22.7 Å². The van der Waals surface area contributed by atoms with E-state index in [1.807, 2.05) is 48.6 Å². The summed E-state index contributed by atoms with van der Waals surface area (Å²) < 4.78 is 0. The average Bonchev–Trinajstić information content (AvgIpc) is 4.10. The first-order valence-corrected chi connectivity index (χ1v) is 18.2. The van der Waals surface area contributed by atoms with Crippen molar-refractivity contribution in [1.82, 2.24) is 19.9 Å². The number of rotatable bonds is 8. The molecule has 8 bridgehead atoms. The number of aromatic nitrogens is 4. The maximum absolute atomic E-state index is 11.8. The van der Waals surface area contributed by atoms with Gasteiger partial charge < -0.3 is 9.97 Å². The fourth-order valence-corrected chi connectivity index (χ4v) is 7.40. The number of non-ortho nitro benzene ring substituents is 3. The van der Waals surface area contributed by atoms with Crippen molar-refractivity contribution in [2.24, 2.45) is 0 Å². The lowest BCUT2D eigenvalue weighted by atomic mass is 9.93. The molecule has 60 heavy (non-hydrogen) atoms. The van der Waals surface area contributed by atoms with Crippen molar-refractivity contribution < 1.29 is 24.9 Å². The lowest BCUT2D eigenvalue weighted by molar-refractivity contribution is -0.729. The Bertz CT molecular complexity index is 2970. The summed E-state index contributed by atoms with van der Waals surface area (Å²) in [4.78, 5) is 62.3. The highest BCUT2D eigenvalue weighted by Gasteiger charge is 2.22. The van der Waals surface area contributed by atoms with Gasteiger partial charge in [0.25, 0.3) is 22.0 Å². The number of aromatic amines is 2. The summed E-state index contributed by atoms with van der Waals surface area (Å²) in [6, 6.07) is 32.0. The molecule has 0 spiro atoms. The van der Waals surface area contributed by atoms with E-state index in [4.69, 9.17) is 9.97 Å². The largest absolute Gasteiger partial charge is 0.353 e. The molecule has 0 atom stereocenters. The second kappa shape index (κ2) is 14.5. The molecule has 3 aromatic heterocycles. The standard InChI is InChI=1S/C44H27N8O8/c53-49(54)29-9-1-25(2-10-29)41-37-21-17-33(45-37)34-19-23-39(47-34)43(27-5-13-31(14-6-27)51(57)58)44(28-7-15-32(16-8-28)52(59)60)40-24-20-36(48-40)35-18-22-38(46-35)42(41)26-3-11-30(12-4-26)50(55)56/h1-24,45,48H,(H,55,56)/q+1. The Morgan fingerprint density at radius 3 is 0.967 bits per heavy atom. The zero-order valence-electron chi connectivity index (χ0n) is 30.8. The van der Waals surface area contributed by atoms with Gasteiger partial charge in [-0.25, -0.2) is 15.2 Å². The molecule has 0 saturated heterocycles. The van der Waals surface area contributed by atoms with E-state index in [1.54, 1.807) is 48.5 Å². The fourth-order valence-electron chi connectivity index (χ4n) is 7.40. The highest BCUT2D eigenvalue weighted by atomic mass is 16.6. The van der Waals surface area contributed by atoms with E-state index in [1.165, 1.54) is 48.5 Å². The van der Waals surface area contributed by atoms with Crippen LogP contribution in [0.3, 0.4) is 0 Å². The Kier molecular flexibility index (Phi) is 8.90. The molecule has 2 aliphatic heterocycles. The summed E-state index contributed by atoms with van der Waals surface area (Å²) >= 11 is 0. The van der Waals surface area contributed by atoms with E-state index in [0.29, 0.717) is 89.4 Å². The summed E-state index contributed by atoms with van der Waals surface area (Å²) in [7, 11) is 0. The molecule has 2 aliphatic rings. The predicted octanol–water partition coefficient (Wildman–Crippen LogP) is 10.8. The van der Waals surface area contributed by atoms with Crippen molar-refractivity contribution >= 4 is 69.1 Å². The van der Waals surface area contributed by atoms with Crippen LogP contribution in [-0.4, -0.2) is 44.8 Å². The first kappa shape index (κ1) is 36.7. The molecule has 5 heterocycles. The second-order valence-electron chi connectivity index (χ2n) is 13.7. The second-order valence-corrected chi connectivity index (χ2v) is 13.7. The SMILES string of the molecule is O=[N+]([O-])c1ccc(-c2c3nc(c4ccc([nH]4)c(-c4ccc([N+](=O)[O-])cc4)c(-c4ccc([N+](=O)O)cc4)c4nc(c5ccc([nH]5)c2-c2ccc([N+](=O)[O-])cc2)C=C4)C=C3)cc1. The van der Waals surface area contributed by atoms with Gasteiger partial charge in [-0.1, -0.05) is 0 Å². The number of nitrogens with zero attached hydrogens (tertiary/aromatic N) is 6. The summed E-state index contributed by atoms with van der Waals surface area (Å²) in [6.45, 7) is 0. The molecule has 0 radical (unpaired) electrons. The highest BCUT2D eigenvalue weighted by molar-refractivity contribution is 6.02. The Hall–Kier alpha value is -8.92. The Morgan fingerprint density at radius 1 is 0.367 bits per heavy atom. The lowest BCUT2D eigenvalue weighted by Crippen LogP contribution is -1.94. The van der Waals surface area contributed by atoms with E-state index in [9.17, 15) is 40.5 Å². The van der Waals surface area contributed by atoms with Crippen molar-refractivity contribution in [3.05, 3.63) is 179 Å². The topological polar surface area (TPSA) is 227 Å². The monoisotopic (exact) mass is 795 g/mol. The van der Waals surface area contributed by atoms with Gasteiger partial charge in [-0.15, -0.1) is 0 Å². The molecule has 0 amide bonds. The third-order valence-electron chi connectivity index (χ3n) is 10.2. The van der Waals surface area contributed by atoms with Gasteiger partial charge in [-0.3, -0.25) is 30.3 Å². The molecular weight excluding hydrogens is 769 g/mol. The smallest absolute Gasteiger partial charge is 0.316 e. The maximum Gasteiger partial charge on any atom is 0.316 e. The van der Waals surface area contributed by atoms with E-state index >= 15 is 0 Å². The summed E-state index contributed by atoms with van der Waals surface area (Å²) in [6.07, 6.45) is 7.31. The van der Waals surface area contributed by atoms with Crippen molar-refractivity contribution in [1.29, 1.82) is 0 Å². The van der Waals surface area contributed by atoms with Crippen LogP contribution in [0.2, 0.25) is 0 Å². The van der Waals surface area contributed by atoms with Crippen LogP contribution >= 0.6 is 0 Å². The van der Waals surface area contributed by atoms with Crippen LogP contribution < -0.4 is 0 Å². The van der Waals surface area contributed by atoms with Gasteiger partial charge in [0.1, 0.15) is 0 Å². The molecular formula is C44H27N8O8+. The number of benzene rings is 4. The van der Waals surface area contributed by atoms with E-state index in [-0.39, 0.29) is 27.7 Å². The molecule has 9 rings (SSSR count). The van der Waals surface area contributed by atoms with Gasteiger partial charge >= 0.3 is 5.69 Å². The van der Waals surface area contributed by atoms with Gasteiger partial charge in [-0.2, -0.15) is 0 Å². The minimum atomic E-state index is -0.483. The number of fused-ring (bicyclic) bond motifs is 10. The van der Waals surface area contributed by atoms with Gasteiger partial charge in [-0.05, 0) is 119 Å². The molecule has 3 N–H and O–H groups in total. The summed E-state index contributed by atoms with van der Waals surface area (Å²) in [5.41, 5.74) is 9.07. The molecule has 0 fully saturated rings. The molecule has 0 unspecified atom stereocenters. The lowest BCUT2D eigenvalue weighted by Gasteiger charge is -2.12. The number of nitrogens with one attached hydrogen (secondary N) is 2. The fraction of sp³-hybridized carbons (Fsp3) is 0. The number of hydrogen-bond acceptors (Lipinski definition) is 9. The molecule has 0 aliphatic carbocycles. The van der Waals surface area contributed by atoms with E-state index < -0.39 is 14.8 Å². The Balaban J connectivity index is 1.43. The first-order valence-electron chi connectivity index (χ1n) is 18.2. The zero-order chi connectivity index (χ0) is 41.7. The number of nitro groups is 3.